The molecule has 0 bridgehead atoms. The van der Waals surface area contributed by atoms with Crippen molar-refractivity contribution in [3.05, 3.63) is 36.8 Å². The van der Waals surface area contributed by atoms with Gasteiger partial charge in [0.05, 0.1) is 0 Å². The Hall–Kier alpha value is -1.51. The SMILES string of the molecule is [CH2]c1cccc(NC(=O)NC)c1. The number of hydrogen-bond donors (Lipinski definition) is 2. The highest BCUT2D eigenvalue weighted by molar-refractivity contribution is 5.89. The molecule has 2 N–H and O–H groups in total. The topological polar surface area (TPSA) is 41.1 Å². The van der Waals surface area contributed by atoms with Crippen LogP contribution >= 0.6 is 0 Å². The fourth-order valence-corrected chi connectivity index (χ4v) is 0.843. The first kappa shape index (κ1) is 8.59. The summed E-state index contributed by atoms with van der Waals surface area (Å²) in [5.41, 5.74) is 1.63. The first-order valence-electron chi connectivity index (χ1n) is 3.63. The van der Waals surface area contributed by atoms with Gasteiger partial charge in [0.1, 0.15) is 0 Å². The number of urea groups is 1. The smallest absolute Gasteiger partial charge is 0.318 e. The summed E-state index contributed by atoms with van der Waals surface area (Å²) >= 11 is 0. The molecule has 1 radical (unpaired) electrons. The standard InChI is InChI=1S/C9H11N2O/c1-7-4-3-5-8(6-7)11-9(12)10-2/h3-6H,1H2,2H3,(H2,10,11,12). The molecule has 0 saturated heterocycles. The summed E-state index contributed by atoms with van der Waals surface area (Å²) in [6, 6.07) is 7.10. The van der Waals surface area contributed by atoms with Crippen molar-refractivity contribution >= 4 is 11.7 Å². The lowest BCUT2D eigenvalue weighted by molar-refractivity contribution is 0.254. The molecule has 12 heavy (non-hydrogen) atoms. The fourth-order valence-electron chi connectivity index (χ4n) is 0.843. The molecule has 0 aliphatic heterocycles. The van der Waals surface area contributed by atoms with Gasteiger partial charge >= 0.3 is 6.03 Å². The first-order chi connectivity index (χ1) is 5.72. The van der Waals surface area contributed by atoms with Crippen LogP contribution in [0.3, 0.4) is 0 Å². The maximum absolute atomic E-state index is 10.8. The number of benzene rings is 1. The Kier molecular flexibility index (Phi) is 2.69. The molecule has 0 fully saturated rings. The van der Waals surface area contributed by atoms with E-state index in [-0.39, 0.29) is 6.03 Å². The second-order valence-corrected chi connectivity index (χ2v) is 2.40. The molecule has 0 aromatic heterocycles. The molecular formula is C9H11N2O. The molecule has 0 atom stereocenters. The van der Waals surface area contributed by atoms with Crippen molar-refractivity contribution in [2.24, 2.45) is 0 Å². The number of rotatable bonds is 1. The van der Waals surface area contributed by atoms with Gasteiger partial charge in [0.15, 0.2) is 0 Å². The highest BCUT2D eigenvalue weighted by Gasteiger charge is 1.96. The molecule has 1 aromatic carbocycles. The van der Waals surface area contributed by atoms with E-state index in [0.717, 1.165) is 11.3 Å². The van der Waals surface area contributed by atoms with Crippen LogP contribution in [0, 0.1) is 6.92 Å². The first-order valence-corrected chi connectivity index (χ1v) is 3.63. The Bertz CT molecular complexity index is 284. The molecular weight excluding hydrogens is 152 g/mol. The summed E-state index contributed by atoms with van der Waals surface area (Å²) in [5, 5.41) is 5.10. The van der Waals surface area contributed by atoms with Crippen LogP contribution in [0.25, 0.3) is 0 Å². The van der Waals surface area contributed by atoms with Gasteiger partial charge in [0, 0.05) is 12.7 Å². The van der Waals surface area contributed by atoms with E-state index in [4.69, 9.17) is 0 Å². The largest absolute Gasteiger partial charge is 0.341 e. The van der Waals surface area contributed by atoms with Crippen molar-refractivity contribution < 1.29 is 4.79 Å². The van der Waals surface area contributed by atoms with Crippen LogP contribution in [0.5, 0.6) is 0 Å². The van der Waals surface area contributed by atoms with Gasteiger partial charge in [-0.1, -0.05) is 12.1 Å². The Morgan fingerprint density at radius 1 is 1.50 bits per heavy atom. The van der Waals surface area contributed by atoms with Crippen molar-refractivity contribution in [3.8, 4) is 0 Å². The van der Waals surface area contributed by atoms with E-state index in [1.165, 1.54) is 0 Å². The number of hydrogen-bond acceptors (Lipinski definition) is 1. The molecule has 3 nitrogen and oxygen atoms in total. The highest BCUT2D eigenvalue weighted by atomic mass is 16.2. The van der Waals surface area contributed by atoms with E-state index in [9.17, 15) is 4.79 Å². The Balaban J connectivity index is 2.69. The third kappa shape index (κ3) is 2.27. The normalized spacial score (nSPS) is 9.17. The van der Waals surface area contributed by atoms with Crippen LogP contribution < -0.4 is 10.6 Å². The lowest BCUT2D eigenvalue weighted by Gasteiger charge is -2.03. The Labute approximate surface area is 71.8 Å². The number of carbonyl (C=O) groups is 1. The van der Waals surface area contributed by atoms with E-state index in [1.807, 2.05) is 18.2 Å². The summed E-state index contributed by atoms with van der Waals surface area (Å²) in [4.78, 5) is 10.8. The minimum Gasteiger partial charge on any atom is -0.341 e. The summed E-state index contributed by atoms with van der Waals surface area (Å²) in [6.45, 7) is 3.74. The molecule has 0 spiro atoms. The molecule has 0 aliphatic rings. The Morgan fingerprint density at radius 3 is 2.83 bits per heavy atom. The minimum absolute atomic E-state index is 0.222. The molecule has 1 aromatic rings. The second-order valence-electron chi connectivity index (χ2n) is 2.40. The molecule has 1 rings (SSSR count). The highest BCUT2D eigenvalue weighted by Crippen LogP contribution is 2.08. The molecule has 0 heterocycles. The monoisotopic (exact) mass is 163 g/mol. The van der Waals surface area contributed by atoms with Gasteiger partial charge in [-0.25, -0.2) is 4.79 Å². The van der Waals surface area contributed by atoms with Crippen LogP contribution in [0.2, 0.25) is 0 Å². The van der Waals surface area contributed by atoms with Gasteiger partial charge in [0.2, 0.25) is 0 Å². The number of nitrogens with one attached hydrogen (secondary N) is 2. The van der Waals surface area contributed by atoms with Crippen LogP contribution in [0.15, 0.2) is 24.3 Å². The third-order valence-electron chi connectivity index (χ3n) is 1.41. The molecule has 0 unspecified atom stereocenters. The molecule has 2 amide bonds. The molecule has 0 saturated carbocycles. The zero-order valence-electron chi connectivity index (χ0n) is 6.92. The number of amides is 2. The number of carbonyl (C=O) groups excluding carboxylic acids is 1. The van der Waals surface area contributed by atoms with E-state index in [2.05, 4.69) is 17.6 Å². The quantitative estimate of drug-likeness (QED) is 0.649. The van der Waals surface area contributed by atoms with E-state index in [0.29, 0.717) is 0 Å². The van der Waals surface area contributed by atoms with Gasteiger partial charge in [-0.15, -0.1) is 0 Å². The van der Waals surface area contributed by atoms with Crippen LogP contribution in [-0.2, 0) is 0 Å². The molecule has 3 heteroatoms. The zero-order valence-corrected chi connectivity index (χ0v) is 6.92. The predicted molar refractivity (Wildman–Crippen MR) is 49.0 cm³/mol. The van der Waals surface area contributed by atoms with Crippen molar-refractivity contribution in [2.45, 2.75) is 0 Å². The van der Waals surface area contributed by atoms with Crippen LogP contribution in [-0.4, -0.2) is 13.1 Å². The van der Waals surface area contributed by atoms with Crippen LogP contribution in [0.4, 0.5) is 10.5 Å². The molecule has 63 valence electrons. The average molecular weight is 163 g/mol. The summed E-state index contributed by atoms with van der Waals surface area (Å²) in [7, 11) is 1.57. The van der Waals surface area contributed by atoms with Gasteiger partial charge in [-0.2, -0.15) is 0 Å². The summed E-state index contributed by atoms with van der Waals surface area (Å²) < 4.78 is 0. The van der Waals surface area contributed by atoms with Gasteiger partial charge in [0.25, 0.3) is 0 Å². The predicted octanol–water partition coefficient (Wildman–Crippen LogP) is 1.62. The number of anilines is 1. The maximum atomic E-state index is 10.8. The van der Waals surface area contributed by atoms with Crippen molar-refractivity contribution in [1.29, 1.82) is 0 Å². The van der Waals surface area contributed by atoms with Gasteiger partial charge < -0.3 is 10.6 Å². The van der Waals surface area contributed by atoms with Gasteiger partial charge in [-0.05, 0) is 24.6 Å². The summed E-state index contributed by atoms with van der Waals surface area (Å²) in [6.07, 6.45) is 0. The average Bonchev–Trinajstić information content (AvgIpc) is 2.04. The maximum Gasteiger partial charge on any atom is 0.318 e. The molecule has 0 aliphatic carbocycles. The lowest BCUT2D eigenvalue weighted by Crippen LogP contribution is -2.24. The second kappa shape index (κ2) is 3.76. The lowest BCUT2D eigenvalue weighted by atomic mass is 10.2. The van der Waals surface area contributed by atoms with E-state index < -0.39 is 0 Å². The minimum atomic E-state index is -0.222. The van der Waals surface area contributed by atoms with Crippen molar-refractivity contribution in [2.75, 3.05) is 12.4 Å². The Morgan fingerprint density at radius 2 is 2.25 bits per heavy atom. The van der Waals surface area contributed by atoms with Crippen molar-refractivity contribution in [1.82, 2.24) is 5.32 Å². The van der Waals surface area contributed by atoms with Crippen LogP contribution in [0.1, 0.15) is 5.56 Å². The van der Waals surface area contributed by atoms with Gasteiger partial charge in [-0.3, -0.25) is 0 Å². The fraction of sp³-hybridized carbons (Fsp3) is 0.111. The zero-order chi connectivity index (χ0) is 8.97. The van der Waals surface area contributed by atoms with Crippen molar-refractivity contribution in [3.63, 3.8) is 0 Å². The van der Waals surface area contributed by atoms with E-state index >= 15 is 0 Å². The van der Waals surface area contributed by atoms with E-state index in [1.54, 1.807) is 13.1 Å². The summed E-state index contributed by atoms with van der Waals surface area (Å²) in [5.74, 6) is 0. The third-order valence-corrected chi connectivity index (χ3v) is 1.41.